The van der Waals surface area contributed by atoms with Crippen LogP contribution in [0.15, 0.2) is 59.8 Å². The number of hydrogen-bond donors (Lipinski definition) is 1. The summed E-state index contributed by atoms with van der Waals surface area (Å²) in [6.07, 6.45) is 0.309. The van der Waals surface area contributed by atoms with E-state index in [2.05, 4.69) is 34.6 Å². The van der Waals surface area contributed by atoms with E-state index in [0.29, 0.717) is 23.4 Å². The highest BCUT2D eigenvalue weighted by Crippen LogP contribution is 2.26. The number of benzene rings is 2. The highest BCUT2D eigenvalue weighted by molar-refractivity contribution is 7.99. The lowest BCUT2D eigenvalue weighted by Crippen LogP contribution is -2.13. The van der Waals surface area contributed by atoms with Crippen molar-refractivity contribution in [3.05, 3.63) is 65.7 Å². The molecule has 0 aliphatic rings. The summed E-state index contributed by atoms with van der Waals surface area (Å²) < 4.78 is 2.02. The first-order valence-corrected chi connectivity index (χ1v) is 9.81. The van der Waals surface area contributed by atoms with Crippen LogP contribution in [0.5, 0.6) is 0 Å². The molecule has 0 aliphatic heterocycles. The number of thioether (sulfide) groups is 1. The summed E-state index contributed by atoms with van der Waals surface area (Å²) in [4.78, 5) is 12.3. The molecule has 0 aliphatic carbocycles. The maximum Gasteiger partial charge on any atom is 0.225 e. The zero-order valence-corrected chi connectivity index (χ0v) is 16.0. The van der Waals surface area contributed by atoms with Crippen LogP contribution in [0.3, 0.4) is 0 Å². The molecule has 0 unspecified atom stereocenters. The van der Waals surface area contributed by atoms with Crippen LogP contribution in [-0.2, 0) is 4.79 Å². The summed E-state index contributed by atoms with van der Waals surface area (Å²) >= 11 is 1.49. The van der Waals surface area contributed by atoms with Crippen LogP contribution in [0.1, 0.15) is 17.5 Å². The average Bonchev–Trinajstić information content (AvgIpc) is 3.11. The third-order valence-electron chi connectivity index (χ3n) is 4.46. The molecule has 0 atom stereocenters. The number of carbonyl (C=O) groups excluding carboxylic acids is 1. The van der Waals surface area contributed by atoms with Gasteiger partial charge in [-0.05, 0) is 36.8 Å². The molecule has 28 heavy (non-hydrogen) atoms. The van der Waals surface area contributed by atoms with Gasteiger partial charge in [-0.15, -0.1) is 10.2 Å². The highest BCUT2D eigenvalue weighted by Gasteiger charge is 2.12. The molecule has 4 aromatic rings. The Morgan fingerprint density at radius 3 is 2.82 bits per heavy atom. The molecule has 0 bridgehead atoms. The van der Waals surface area contributed by atoms with Gasteiger partial charge in [0, 0.05) is 17.6 Å². The van der Waals surface area contributed by atoms with E-state index in [9.17, 15) is 4.79 Å². The number of nitrogens with zero attached hydrogens (tertiary/aromatic N) is 4. The van der Waals surface area contributed by atoms with Crippen LogP contribution in [0.4, 0.5) is 5.69 Å². The van der Waals surface area contributed by atoms with E-state index in [1.54, 1.807) is 24.3 Å². The first kappa shape index (κ1) is 18.0. The topological polar surface area (TPSA) is 83.1 Å². The molecule has 0 saturated heterocycles. The van der Waals surface area contributed by atoms with Crippen LogP contribution in [0.2, 0.25) is 0 Å². The van der Waals surface area contributed by atoms with Gasteiger partial charge in [0.2, 0.25) is 5.91 Å². The van der Waals surface area contributed by atoms with Crippen LogP contribution < -0.4 is 5.32 Å². The van der Waals surface area contributed by atoms with E-state index in [1.165, 1.54) is 11.8 Å². The summed E-state index contributed by atoms with van der Waals surface area (Å²) in [6.45, 7) is 2.06. The number of rotatable bonds is 5. The highest BCUT2D eigenvalue weighted by atomic mass is 32.2. The maximum atomic E-state index is 12.3. The lowest BCUT2D eigenvalue weighted by molar-refractivity contribution is -0.115. The Morgan fingerprint density at radius 2 is 1.96 bits per heavy atom. The van der Waals surface area contributed by atoms with Crippen molar-refractivity contribution in [2.45, 2.75) is 18.5 Å². The van der Waals surface area contributed by atoms with Crippen LogP contribution >= 0.6 is 11.8 Å². The summed E-state index contributed by atoms with van der Waals surface area (Å²) in [7, 11) is 0. The van der Waals surface area contributed by atoms with Crippen molar-refractivity contribution in [3.8, 4) is 6.07 Å². The molecular weight excluding hydrogens is 370 g/mol. The normalized spacial score (nSPS) is 10.9. The van der Waals surface area contributed by atoms with Gasteiger partial charge in [0.05, 0.1) is 16.8 Å². The van der Waals surface area contributed by atoms with Crippen molar-refractivity contribution < 1.29 is 4.79 Å². The molecule has 138 valence electrons. The Balaban J connectivity index is 1.48. The quantitative estimate of drug-likeness (QED) is 0.519. The van der Waals surface area contributed by atoms with Gasteiger partial charge in [-0.25, -0.2) is 0 Å². The number of pyridine rings is 1. The van der Waals surface area contributed by atoms with Crippen molar-refractivity contribution in [2.24, 2.45) is 0 Å². The number of aryl methyl sites for hydroxylation is 1. The molecule has 0 saturated carbocycles. The first-order chi connectivity index (χ1) is 13.7. The maximum absolute atomic E-state index is 12.3. The van der Waals surface area contributed by atoms with Gasteiger partial charge in [-0.2, -0.15) is 5.26 Å². The van der Waals surface area contributed by atoms with Gasteiger partial charge in [0.1, 0.15) is 6.07 Å². The van der Waals surface area contributed by atoms with Crippen molar-refractivity contribution in [1.82, 2.24) is 14.6 Å². The number of aromatic nitrogens is 3. The van der Waals surface area contributed by atoms with Gasteiger partial charge in [0.25, 0.3) is 0 Å². The number of hydrogen-bond acceptors (Lipinski definition) is 5. The van der Waals surface area contributed by atoms with Gasteiger partial charge in [0.15, 0.2) is 10.8 Å². The van der Waals surface area contributed by atoms with Gasteiger partial charge in [-0.3, -0.25) is 9.20 Å². The Bertz CT molecular complexity index is 1220. The van der Waals surface area contributed by atoms with E-state index in [-0.39, 0.29) is 5.91 Å². The van der Waals surface area contributed by atoms with Gasteiger partial charge in [-0.1, -0.05) is 42.1 Å². The zero-order chi connectivity index (χ0) is 19.5. The van der Waals surface area contributed by atoms with Gasteiger partial charge < -0.3 is 5.32 Å². The Hall–Kier alpha value is -3.37. The largest absolute Gasteiger partial charge is 0.325 e. The Labute approximate surface area is 166 Å². The van der Waals surface area contributed by atoms with Crippen molar-refractivity contribution in [1.29, 1.82) is 5.26 Å². The fraction of sp³-hybridized carbons (Fsp3) is 0.143. The molecule has 0 fully saturated rings. The molecule has 2 aromatic heterocycles. The second-order valence-corrected chi connectivity index (χ2v) is 7.39. The standard InChI is InChI=1S/C21H17N5OS/c1-14-12-19-24-25-21(26(19)18-9-5-3-7-16(14)18)28-11-10-20(27)23-17-8-4-2-6-15(17)13-22/h2-9,12H,10-11H2,1H3,(H,23,27). The predicted molar refractivity (Wildman–Crippen MR) is 110 cm³/mol. The number of nitriles is 1. The molecule has 2 aromatic carbocycles. The number of nitrogens with one attached hydrogen (secondary N) is 1. The molecule has 1 amide bonds. The summed E-state index contributed by atoms with van der Waals surface area (Å²) in [5, 5.41) is 22.4. The van der Waals surface area contributed by atoms with E-state index in [4.69, 9.17) is 5.26 Å². The molecule has 2 heterocycles. The number of para-hydroxylation sites is 2. The molecular formula is C21H17N5OS. The molecule has 6 nitrogen and oxygen atoms in total. The van der Waals surface area contributed by atoms with Crippen molar-refractivity contribution in [2.75, 3.05) is 11.1 Å². The lowest BCUT2D eigenvalue weighted by Gasteiger charge is -2.08. The second-order valence-electron chi connectivity index (χ2n) is 6.32. The third-order valence-corrected chi connectivity index (χ3v) is 5.39. The predicted octanol–water partition coefficient (Wildman–Crippen LogP) is 4.18. The number of anilines is 1. The third kappa shape index (κ3) is 3.42. The smallest absolute Gasteiger partial charge is 0.225 e. The SMILES string of the molecule is Cc1cc2nnc(SCCC(=O)Nc3ccccc3C#N)n2c2ccccc12. The van der Waals surface area contributed by atoms with E-state index in [0.717, 1.165) is 27.3 Å². The summed E-state index contributed by atoms with van der Waals surface area (Å²) in [5.74, 6) is 0.425. The Morgan fingerprint density at radius 1 is 1.18 bits per heavy atom. The minimum Gasteiger partial charge on any atom is -0.325 e. The summed E-state index contributed by atoms with van der Waals surface area (Å²) in [5.41, 5.74) is 3.99. The zero-order valence-electron chi connectivity index (χ0n) is 15.2. The van der Waals surface area contributed by atoms with E-state index >= 15 is 0 Å². The minimum atomic E-state index is -0.135. The van der Waals surface area contributed by atoms with E-state index < -0.39 is 0 Å². The minimum absolute atomic E-state index is 0.135. The fourth-order valence-corrected chi connectivity index (χ4v) is 4.00. The number of amides is 1. The van der Waals surface area contributed by atoms with Crippen LogP contribution in [0.25, 0.3) is 16.6 Å². The van der Waals surface area contributed by atoms with Gasteiger partial charge >= 0.3 is 0 Å². The van der Waals surface area contributed by atoms with Crippen LogP contribution in [0, 0.1) is 18.3 Å². The second kappa shape index (κ2) is 7.71. The fourth-order valence-electron chi connectivity index (χ4n) is 3.11. The summed E-state index contributed by atoms with van der Waals surface area (Å²) in [6, 6.07) is 19.2. The van der Waals surface area contributed by atoms with Crippen LogP contribution in [-0.4, -0.2) is 26.3 Å². The Kier molecular flexibility index (Phi) is 4.96. The monoisotopic (exact) mass is 387 g/mol. The lowest BCUT2D eigenvalue weighted by atomic mass is 10.1. The molecule has 7 heteroatoms. The van der Waals surface area contributed by atoms with E-state index in [1.807, 2.05) is 28.7 Å². The molecule has 0 spiro atoms. The number of carbonyl (C=O) groups is 1. The molecule has 4 rings (SSSR count). The van der Waals surface area contributed by atoms with Crippen molar-refractivity contribution in [3.63, 3.8) is 0 Å². The number of fused-ring (bicyclic) bond motifs is 3. The average molecular weight is 387 g/mol. The molecule has 1 N–H and O–H groups in total. The van der Waals surface area contributed by atoms with Crippen molar-refractivity contribution >= 4 is 39.9 Å². The molecule has 0 radical (unpaired) electrons. The first-order valence-electron chi connectivity index (χ1n) is 8.82.